The molecule has 132 valence electrons. The number of hydrogen-bond donors (Lipinski definition) is 1. The van der Waals surface area contributed by atoms with Gasteiger partial charge in [-0.3, -0.25) is 0 Å². The van der Waals surface area contributed by atoms with Crippen LogP contribution in [0.5, 0.6) is 0 Å². The van der Waals surface area contributed by atoms with Crippen molar-refractivity contribution >= 4 is 21.1 Å². The van der Waals surface area contributed by atoms with E-state index in [1.165, 1.54) is 0 Å². The van der Waals surface area contributed by atoms with Crippen molar-refractivity contribution in [3.05, 3.63) is 48.3 Å². The van der Waals surface area contributed by atoms with Crippen molar-refractivity contribution in [1.29, 1.82) is 0 Å². The summed E-state index contributed by atoms with van der Waals surface area (Å²) in [5, 5.41) is 0.973. The molecule has 0 atom stereocenters. The number of fused-ring (bicyclic) bond motifs is 1. The van der Waals surface area contributed by atoms with E-state index in [9.17, 15) is 8.42 Å². The number of nitrogens with one attached hydrogen (secondary N) is 1. The van der Waals surface area contributed by atoms with Gasteiger partial charge in [0, 0.05) is 24.7 Å². The Hall–Kier alpha value is -2.62. The van der Waals surface area contributed by atoms with Crippen LogP contribution in [0.2, 0.25) is 0 Å². The molecule has 1 aromatic carbocycles. The fraction of sp³-hybridized carbons (Fsp3) is 0.250. The minimum Gasteiger partial charge on any atom is -0.333 e. The highest BCUT2D eigenvalue weighted by Gasteiger charge is 2.27. The molecular weight excluding hydrogens is 346 g/mol. The molecule has 0 saturated carbocycles. The van der Waals surface area contributed by atoms with Crippen LogP contribution in [0.3, 0.4) is 0 Å². The first-order valence-electron chi connectivity index (χ1n) is 8.61. The van der Waals surface area contributed by atoms with E-state index in [-0.39, 0.29) is 0 Å². The molecule has 1 fully saturated rings. The van der Waals surface area contributed by atoms with E-state index in [0.717, 1.165) is 40.7 Å². The van der Waals surface area contributed by atoms with Gasteiger partial charge in [0.25, 0.3) is 0 Å². The summed E-state index contributed by atoms with van der Waals surface area (Å²) in [6.07, 6.45) is 3.61. The second kappa shape index (κ2) is 6.60. The third-order valence-electron chi connectivity index (χ3n) is 4.66. The number of sulfonamides is 1. The quantitative estimate of drug-likeness (QED) is 0.724. The largest absolute Gasteiger partial charge is 0.333 e. The summed E-state index contributed by atoms with van der Waals surface area (Å²) in [7, 11) is -3.39. The van der Waals surface area contributed by atoms with Gasteiger partial charge in [0.1, 0.15) is 5.65 Å². The van der Waals surface area contributed by atoms with E-state index in [0.29, 0.717) is 18.0 Å². The molecule has 0 amide bonds. The topological polar surface area (TPSA) is 66.1 Å². The number of aromatic amines is 1. The molecule has 0 bridgehead atoms. The Morgan fingerprint density at radius 1 is 1.12 bits per heavy atom. The van der Waals surface area contributed by atoms with Crippen LogP contribution in [0.15, 0.2) is 47.5 Å². The lowest BCUT2D eigenvalue weighted by molar-refractivity contribution is 0.477. The molecule has 1 saturated heterocycles. The Kier molecular flexibility index (Phi) is 4.27. The summed E-state index contributed by atoms with van der Waals surface area (Å²) in [5.74, 6) is 5.88. The highest BCUT2D eigenvalue weighted by atomic mass is 32.2. The summed E-state index contributed by atoms with van der Waals surface area (Å²) in [4.78, 5) is 7.89. The minimum atomic E-state index is -3.39. The van der Waals surface area contributed by atoms with Crippen LogP contribution in [-0.2, 0) is 10.0 Å². The van der Waals surface area contributed by atoms with E-state index < -0.39 is 10.0 Å². The van der Waals surface area contributed by atoms with Crippen molar-refractivity contribution in [1.82, 2.24) is 14.3 Å². The molecule has 26 heavy (non-hydrogen) atoms. The average Bonchev–Trinajstić information content (AvgIpc) is 3.31. The predicted octanol–water partition coefficient (Wildman–Crippen LogP) is 3.39. The second-order valence-electron chi connectivity index (χ2n) is 6.31. The zero-order valence-electron chi connectivity index (χ0n) is 14.5. The first kappa shape index (κ1) is 16.8. The lowest BCUT2D eigenvalue weighted by atomic mass is 10.0. The van der Waals surface area contributed by atoms with Crippen LogP contribution in [0, 0.1) is 11.8 Å². The van der Waals surface area contributed by atoms with Crippen LogP contribution in [0.1, 0.15) is 25.5 Å². The minimum absolute atomic E-state index is 0.347. The smallest absolute Gasteiger partial charge is 0.243 e. The molecule has 1 aliphatic heterocycles. The normalized spacial score (nSPS) is 15.1. The molecule has 6 heteroatoms. The van der Waals surface area contributed by atoms with Crippen LogP contribution in [0.4, 0.5) is 0 Å². The summed E-state index contributed by atoms with van der Waals surface area (Å²) in [6.45, 7) is 3.01. The van der Waals surface area contributed by atoms with Gasteiger partial charge >= 0.3 is 0 Å². The van der Waals surface area contributed by atoms with E-state index in [2.05, 4.69) is 21.8 Å². The molecule has 0 aliphatic carbocycles. The summed E-state index contributed by atoms with van der Waals surface area (Å²) < 4.78 is 26.9. The van der Waals surface area contributed by atoms with Gasteiger partial charge in [-0.25, -0.2) is 13.4 Å². The summed E-state index contributed by atoms with van der Waals surface area (Å²) in [5.41, 5.74) is 3.54. The molecule has 1 N–H and O–H groups in total. The fourth-order valence-electron chi connectivity index (χ4n) is 3.36. The maximum atomic E-state index is 12.7. The fourth-order valence-corrected chi connectivity index (χ4v) is 4.88. The van der Waals surface area contributed by atoms with Gasteiger partial charge in [-0.15, -0.1) is 0 Å². The first-order chi connectivity index (χ1) is 12.6. The number of aromatic nitrogens is 2. The highest BCUT2D eigenvalue weighted by molar-refractivity contribution is 7.89. The predicted molar refractivity (Wildman–Crippen MR) is 102 cm³/mol. The van der Waals surface area contributed by atoms with Crippen LogP contribution in [0.25, 0.3) is 22.2 Å². The Balaban J connectivity index is 1.73. The van der Waals surface area contributed by atoms with Crippen LogP contribution in [-0.4, -0.2) is 35.8 Å². The molecular formula is C20H19N3O2S. The van der Waals surface area contributed by atoms with Gasteiger partial charge < -0.3 is 4.98 Å². The second-order valence-corrected chi connectivity index (χ2v) is 8.25. The van der Waals surface area contributed by atoms with Crippen molar-refractivity contribution in [3.8, 4) is 23.0 Å². The Bertz CT molecular complexity index is 1110. The van der Waals surface area contributed by atoms with Crippen molar-refractivity contribution in [2.75, 3.05) is 13.1 Å². The first-order valence-corrected chi connectivity index (χ1v) is 10.0. The van der Waals surface area contributed by atoms with Gasteiger partial charge in [-0.2, -0.15) is 4.31 Å². The van der Waals surface area contributed by atoms with Gasteiger partial charge in [-0.1, -0.05) is 18.1 Å². The Labute approximate surface area is 153 Å². The molecule has 0 radical (unpaired) electrons. The van der Waals surface area contributed by atoms with Crippen LogP contribution < -0.4 is 0 Å². The van der Waals surface area contributed by atoms with Gasteiger partial charge in [0.15, 0.2) is 0 Å². The number of rotatable bonds is 3. The van der Waals surface area contributed by atoms with Crippen molar-refractivity contribution in [3.63, 3.8) is 0 Å². The lowest BCUT2D eigenvalue weighted by Gasteiger charge is -2.15. The Morgan fingerprint density at radius 2 is 1.85 bits per heavy atom. The number of nitrogens with zero attached hydrogens (tertiary/aromatic N) is 2. The van der Waals surface area contributed by atoms with Crippen molar-refractivity contribution in [2.24, 2.45) is 0 Å². The zero-order chi connectivity index (χ0) is 18.1. The van der Waals surface area contributed by atoms with Gasteiger partial charge in [-0.05, 0) is 61.1 Å². The Morgan fingerprint density at radius 3 is 2.54 bits per heavy atom. The molecule has 3 aromatic rings. The number of hydrogen-bond acceptors (Lipinski definition) is 3. The monoisotopic (exact) mass is 365 g/mol. The molecule has 5 nitrogen and oxygen atoms in total. The third kappa shape index (κ3) is 2.90. The SMILES string of the molecule is CC#Cc1cc2c(-c3ccc(S(=O)(=O)N4CCCC4)cc3)ccnc2[nH]1. The molecule has 0 spiro atoms. The molecule has 0 unspecified atom stereocenters. The standard InChI is InChI=1S/C20H19N3O2S/c1-2-5-16-14-19-18(10-11-21-20(19)22-16)15-6-8-17(9-7-15)26(24,25)23-12-3-4-13-23/h6-11,14H,3-4,12-13H2,1H3,(H,21,22). The van der Waals surface area contributed by atoms with Crippen molar-refractivity contribution in [2.45, 2.75) is 24.7 Å². The molecule has 3 heterocycles. The highest BCUT2D eigenvalue weighted by Crippen LogP contribution is 2.29. The van der Waals surface area contributed by atoms with Crippen LogP contribution >= 0.6 is 0 Å². The molecule has 1 aliphatic rings. The van der Waals surface area contributed by atoms with E-state index in [1.807, 2.05) is 24.3 Å². The summed E-state index contributed by atoms with van der Waals surface area (Å²) >= 11 is 0. The number of pyridine rings is 1. The average molecular weight is 365 g/mol. The van der Waals surface area contributed by atoms with Gasteiger partial charge in [0.2, 0.25) is 10.0 Å². The van der Waals surface area contributed by atoms with Gasteiger partial charge in [0.05, 0.1) is 10.6 Å². The third-order valence-corrected chi connectivity index (χ3v) is 6.57. The van der Waals surface area contributed by atoms with E-state index in [4.69, 9.17) is 0 Å². The maximum absolute atomic E-state index is 12.7. The number of H-pyrrole nitrogens is 1. The van der Waals surface area contributed by atoms with E-state index >= 15 is 0 Å². The zero-order valence-corrected chi connectivity index (χ0v) is 15.3. The molecule has 4 rings (SSSR count). The van der Waals surface area contributed by atoms with E-state index in [1.54, 1.807) is 29.6 Å². The lowest BCUT2D eigenvalue weighted by Crippen LogP contribution is -2.27. The summed E-state index contributed by atoms with van der Waals surface area (Å²) in [6, 6.07) is 11.0. The number of benzene rings is 1. The molecule has 2 aromatic heterocycles. The maximum Gasteiger partial charge on any atom is 0.243 e. The van der Waals surface area contributed by atoms with Crippen molar-refractivity contribution < 1.29 is 8.42 Å².